The van der Waals surface area contributed by atoms with Crippen LogP contribution in [-0.2, 0) is 10.9 Å². The molecule has 1 aromatic rings. The summed E-state index contributed by atoms with van der Waals surface area (Å²) in [7, 11) is -0.112. The smallest absolute Gasteiger partial charge is 0.0940 e. The monoisotopic (exact) mass is 379 g/mol. The molecule has 1 aliphatic carbocycles. The molecule has 0 heterocycles. The summed E-state index contributed by atoms with van der Waals surface area (Å²) < 4.78 is 0. The lowest BCUT2D eigenvalue weighted by Gasteiger charge is -2.22. The summed E-state index contributed by atoms with van der Waals surface area (Å²) in [5, 5.41) is 0. The first-order valence-electron chi connectivity index (χ1n) is 10.4. The molecule has 1 atom stereocenters. The Morgan fingerprint density at radius 1 is 1.04 bits per heavy atom. The normalized spacial score (nSPS) is 18.3. The molecule has 2 rings (SSSR count). The van der Waals surface area contributed by atoms with Crippen molar-refractivity contribution in [3.05, 3.63) is 88.8 Å². The van der Waals surface area contributed by atoms with Crippen LogP contribution in [0.4, 0.5) is 0 Å². The van der Waals surface area contributed by atoms with E-state index in [9.17, 15) is 0 Å². The molecule has 1 saturated carbocycles. The molecule has 0 bridgehead atoms. The van der Waals surface area contributed by atoms with E-state index in [0.717, 1.165) is 12.3 Å². The van der Waals surface area contributed by atoms with Gasteiger partial charge >= 0.3 is 0 Å². The van der Waals surface area contributed by atoms with Gasteiger partial charge in [-0.3, -0.25) is 0 Å². The van der Waals surface area contributed by atoms with Gasteiger partial charge in [-0.25, -0.2) is 0 Å². The Hall–Kier alpha value is -1.73. The van der Waals surface area contributed by atoms with E-state index in [-0.39, 0.29) is 10.9 Å². The Labute approximate surface area is 169 Å². The van der Waals surface area contributed by atoms with E-state index in [2.05, 4.69) is 88.1 Å². The molecule has 0 nitrogen and oxygen atoms in total. The summed E-state index contributed by atoms with van der Waals surface area (Å²) in [6.07, 6.45) is 23.1. The average molecular weight is 380 g/mol. The van der Waals surface area contributed by atoms with Crippen LogP contribution in [0.3, 0.4) is 0 Å². The van der Waals surface area contributed by atoms with Crippen molar-refractivity contribution >= 4 is 10.9 Å². The van der Waals surface area contributed by atoms with Crippen LogP contribution in [0.25, 0.3) is 0 Å². The highest BCUT2D eigenvalue weighted by Crippen LogP contribution is 2.35. The van der Waals surface area contributed by atoms with Gasteiger partial charge in [-0.15, -0.1) is 0 Å². The maximum Gasteiger partial charge on any atom is 0.166 e. The fraction of sp³-hybridized carbons (Fsp3) is 0.385. The predicted octanol–water partition coefficient (Wildman–Crippen LogP) is 8.23. The summed E-state index contributed by atoms with van der Waals surface area (Å²) >= 11 is 0. The van der Waals surface area contributed by atoms with Crippen molar-refractivity contribution in [3.63, 3.8) is 0 Å². The molecular formula is C26H35S+. The molecule has 1 aliphatic rings. The topological polar surface area (TPSA) is 0 Å². The SMILES string of the molecule is C=C/C(=C\C=C/C)[S+](C(/C=C\C)=C/CC)c1ccc(C2CCCCC2)cc1. The summed E-state index contributed by atoms with van der Waals surface area (Å²) in [4.78, 5) is 4.03. The van der Waals surface area contributed by atoms with Gasteiger partial charge in [0, 0.05) is 0 Å². The third-order valence-corrected chi connectivity index (χ3v) is 7.35. The second-order valence-electron chi connectivity index (χ2n) is 7.02. The minimum atomic E-state index is -0.112. The van der Waals surface area contributed by atoms with Crippen molar-refractivity contribution in [2.75, 3.05) is 0 Å². The molecule has 0 spiro atoms. The van der Waals surface area contributed by atoms with E-state index in [1.54, 1.807) is 0 Å². The fourth-order valence-electron chi connectivity index (χ4n) is 3.72. The van der Waals surface area contributed by atoms with Gasteiger partial charge in [-0.1, -0.05) is 63.1 Å². The maximum absolute atomic E-state index is 4.11. The van der Waals surface area contributed by atoms with Gasteiger partial charge < -0.3 is 0 Å². The molecule has 0 amide bonds. The van der Waals surface area contributed by atoms with E-state index < -0.39 is 0 Å². The highest BCUT2D eigenvalue weighted by atomic mass is 32.2. The first-order chi connectivity index (χ1) is 13.2. The molecule has 27 heavy (non-hydrogen) atoms. The van der Waals surface area contributed by atoms with Crippen molar-refractivity contribution in [1.82, 2.24) is 0 Å². The molecule has 1 fully saturated rings. The van der Waals surface area contributed by atoms with Crippen molar-refractivity contribution < 1.29 is 0 Å². The second kappa shape index (κ2) is 11.9. The Morgan fingerprint density at radius 3 is 2.30 bits per heavy atom. The fourth-order valence-corrected chi connectivity index (χ4v) is 5.93. The van der Waals surface area contributed by atoms with E-state index in [0.29, 0.717) is 0 Å². The van der Waals surface area contributed by atoms with E-state index in [4.69, 9.17) is 0 Å². The quantitative estimate of drug-likeness (QED) is 0.315. The summed E-state index contributed by atoms with van der Waals surface area (Å²) in [5.74, 6) is 0.758. The molecule has 1 aromatic carbocycles. The Bertz CT molecular complexity index is 694. The molecule has 0 N–H and O–H groups in total. The molecule has 0 radical (unpaired) electrons. The van der Waals surface area contributed by atoms with Gasteiger partial charge in [0.2, 0.25) is 0 Å². The Balaban J connectivity index is 2.42. The molecule has 144 valence electrons. The Kier molecular flexibility index (Phi) is 9.48. The highest BCUT2D eigenvalue weighted by molar-refractivity contribution is 8.04. The predicted molar refractivity (Wildman–Crippen MR) is 124 cm³/mol. The molecule has 0 aliphatic heterocycles. The highest BCUT2D eigenvalue weighted by Gasteiger charge is 2.30. The van der Waals surface area contributed by atoms with Crippen molar-refractivity contribution in [2.24, 2.45) is 0 Å². The third kappa shape index (κ3) is 6.14. The summed E-state index contributed by atoms with van der Waals surface area (Å²) in [6.45, 7) is 10.5. The van der Waals surface area contributed by atoms with Gasteiger partial charge in [0.25, 0.3) is 0 Å². The maximum atomic E-state index is 4.11. The molecule has 1 heteroatoms. The first kappa shape index (κ1) is 21.6. The van der Waals surface area contributed by atoms with Crippen LogP contribution in [0.2, 0.25) is 0 Å². The zero-order chi connectivity index (χ0) is 19.5. The van der Waals surface area contributed by atoms with Crippen LogP contribution in [0, 0.1) is 0 Å². The molecule has 0 saturated heterocycles. The summed E-state index contributed by atoms with van der Waals surface area (Å²) in [6, 6.07) is 9.46. The van der Waals surface area contributed by atoms with Gasteiger partial charge in [-0.05, 0) is 81.0 Å². The lowest BCUT2D eigenvalue weighted by Crippen LogP contribution is -2.09. The minimum absolute atomic E-state index is 0.112. The van der Waals surface area contributed by atoms with Crippen LogP contribution in [0.1, 0.15) is 70.8 Å². The van der Waals surface area contributed by atoms with E-state index in [1.807, 2.05) is 6.08 Å². The van der Waals surface area contributed by atoms with Gasteiger partial charge in [0.1, 0.15) is 0 Å². The van der Waals surface area contributed by atoms with Gasteiger partial charge in [0.05, 0.1) is 10.9 Å². The molecule has 0 aromatic heterocycles. The van der Waals surface area contributed by atoms with Crippen molar-refractivity contribution in [2.45, 2.75) is 70.1 Å². The summed E-state index contributed by atoms with van der Waals surface area (Å²) in [5.41, 5.74) is 1.52. The standard InChI is InChI=1S/C26H35S/c1-5-9-17-24(8-4)27(25(13-6-2)14-7-3)26-20-18-23(19-21-26)22-15-11-10-12-16-22/h5-6,8-9,13-14,17-22H,4,7,10-12,15-16H2,1-3H3/q+1/b9-5-,13-6-,24-17+,25-14+. The Morgan fingerprint density at radius 2 is 1.74 bits per heavy atom. The zero-order valence-electron chi connectivity index (χ0n) is 17.3. The molecular weight excluding hydrogens is 344 g/mol. The van der Waals surface area contributed by atoms with Crippen LogP contribution < -0.4 is 0 Å². The van der Waals surface area contributed by atoms with Crippen molar-refractivity contribution in [3.8, 4) is 0 Å². The van der Waals surface area contributed by atoms with Gasteiger partial charge in [0.15, 0.2) is 14.7 Å². The zero-order valence-corrected chi connectivity index (χ0v) is 18.1. The first-order valence-corrected chi connectivity index (χ1v) is 11.6. The lowest BCUT2D eigenvalue weighted by atomic mass is 9.84. The van der Waals surface area contributed by atoms with Crippen molar-refractivity contribution in [1.29, 1.82) is 0 Å². The lowest BCUT2D eigenvalue weighted by molar-refractivity contribution is 0.443. The number of rotatable bonds is 8. The number of hydrogen-bond donors (Lipinski definition) is 0. The number of hydrogen-bond acceptors (Lipinski definition) is 0. The largest absolute Gasteiger partial charge is 0.166 e. The second-order valence-corrected chi connectivity index (χ2v) is 9.05. The third-order valence-electron chi connectivity index (χ3n) is 5.05. The number of benzene rings is 1. The molecule has 1 unspecified atom stereocenters. The minimum Gasteiger partial charge on any atom is -0.0940 e. The van der Waals surface area contributed by atoms with Crippen LogP contribution in [0.5, 0.6) is 0 Å². The van der Waals surface area contributed by atoms with E-state index >= 15 is 0 Å². The van der Waals surface area contributed by atoms with Crippen LogP contribution >= 0.6 is 0 Å². The average Bonchev–Trinajstić information content (AvgIpc) is 2.72. The van der Waals surface area contributed by atoms with Gasteiger partial charge in [-0.2, -0.15) is 0 Å². The van der Waals surface area contributed by atoms with Crippen LogP contribution in [0.15, 0.2) is 88.1 Å². The van der Waals surface area contributed by atoms with Crippen LogP contribution in [-0.4, -0.2) is 0 Å². The number of allylic oxidation sites excluding steroid dienone is 7. The van der Waals surface area contributed by atoms with E-state index in [1.165, 1.54) is 52.4 Å².